The third-order valence-electron chi connectivity index (χ3n) is 2.50. The molecular weight excluding hydrogens is 270 g/mol. The molecule has 0 amide bonds. The highest BCUT2D eigenvalue weighted by molar-refractivity contribution is 5.88. The summed E-state index contributed by atoms with van der Waals surface area (Å²) < 4.78 is 4.93. The van der Waals surface area contributed by atoms with Gasteiger partial charge in [0.05, 0.1) is 23.1 Å². The Balaban J connectivity index is 3.03. The number of aliphatic hydroxyl groups is 1. The number of carboxylic acid groups (broad SMARTS) is 1. The van der Waals surface area contributed by atoms with Gasteiger partial charge in [0.2, 0.25) is 5.82 Å². The van der Waals surface area contributed by atoms with E-state index in [0.29, 0.717) is 6.42 Å². The molecule has 1 unspecified atom stereocenters. The van der Waals surface area contributed by atoms with Crippen molar-refractivity contribution in [3.63, 3.8) is 0 Å². The van der Waals surface area contributed by atoms with Gasteiger partial charge < -0.3 is 20.3 Å². The number of anilines is 1. The molecule has 0 aromatic carbocycles. The maximum Gasteiger partial charge on any atom is 0.337 e. The third kappa shape index (κ3) is 4.14. The second kappa shape index (κ2) is 7.36. The molecule has 3 N–H and O–H groups in total. The zero-order chi connectivity index (χ0) is 15.1. The van der Waals surface area contributed by atoms with E-state index in [4.69, 9.17) is 14.9 Å². The molecule has 0 fully saturated rings. The predicted octanol–water partition coefficient (Wildman–Crippen LogP) is 0.497. The van der Waals surface area contributed by atoms with Crippen molar-refractivity contribution in [2.75, 3.05) is 25.6 Å². The summed E-state index contributed by atoms with van der Waals surface area (Å²) in [7, 11) is 1.46. The molecule has 0 saturated carbocycles. The topological polar surface area (TPSA) is 135 Å². The Morgan fingerprint density at radius 1 is 1.65 bits per heavy atom. The van der Waals surface area contributed by atoms with Crippen LogP contribution in [0.15, 0.2) is 12.3 Å². The van der Waals surface area contributed by atoms with Gasteiger partial charge in [-0.15, -0.1) is 0 Å². The first-order valence-corrected chi connectivity index (χ1v) is 5.73. The maximum absolute atomic E-state index is 10.9. The van der Waals surface area contributed by atoms with Crippen molar-refractivity contribution in [2.45, 2.75) is 12.5 Å². The summed E-state index contributed by atoms with van der Waals surface area (Å²) >= 11 is 0. The lowest BCUT2D eigenvalue weighted by Crippen LogP contribution is -2.27. The molecule has 0 saturated heterocycles. The Morgan fingerprint density at radius 2 is 2.35 bits per heavy atom. The number of hydrogen-bond acceptors (Lipinski definition) is 7. The van der Waals surface area contributed by atoms with Crippen molar-refractivity contribution in [1.29, 1.82) is 0 Å². The van der Waals surface area contributed by atoms with Crippen LogP contribution in [0.25, 0.3) is 0 Å². The lowest BCUT2D eigenvalue weighted by atomic mass is 10.2. The van der Waals surface area contributed by atoms with Crippen LogP contribution in [0.3, 0.4) is 0 Å². The molecule has 0 aliphatic rings. The van der Waals surface area contributed by atoms with Crippen molar-refractivity contribution in [3.05, 3.63) is 27.9 Å². The van der Waals surface area contributed by atoms with Gasteiger partial charge in [0.25, 0.3) is 0 Å². The van der Waals surface area contributed by atoms with Gasteiger partial charge in [-0.2, -0.15) is 0 Å². The van der Waals surface area contributed by atoms with E-state index < -0.39 is 16.6 Å². The average molecular weight is 285 g/mol. The Bertz CT molecular complexity index is 487. The maximum atomic E-state index is 10.9. The van der Waals surface area contributed by atoms with Crippen molar-refractivity contribution in [1.82, 2.24) is 4.98 Å². The minimum atomic E-state index is -1.30. The lowest BCUT2D eigenvalue weighted by Gasteiger charge is -2.17. The van der Waals surface area contributed by atoms with Crippen molar-refractivity contribution in [2.24, 2.45) is 0 Å². The van der Waals surface area contributed by atoms with Gasteiger partial charge in [0, 0.05) is 26.0 Å². The Morgan fingerprint density at radius 3 is 2.85 bits per heavy atom. The summed E-state index contributed by atoms with van der Waals surface area (Å²) in [6.07, 6.45) is 1.34. The first kappa shape index (κ1) is 15.8. The number of aromatic nitrogens is 1. The van der Waals surface area contributed by atoms with Gasteiger partial charge in [-0.1, -0.05) is 0 Å². The number of pyridine rings is 1. The van der Waals surface area contributed by atoms with Gasteiger partial charge in [0.15, 0.2) is 0 Å². The minimum absolute atomic E-state index is 0.0597. The van der Waals surface area contributed by atoms with Crippen molar-refractivity contribution < 1.29 is 24.7 Å². The number of hydrogen-bond donors (Lipinski definition) is 3. The van der Waals surface area contributed by atoms with Crippen LogP contribution < -0.4 is 5.32 Å². The van der Waals surface area contributed by atoms with Crippen LogP contribution in [0.5, 0.6) is 0 Å². The molecule has 1 rings (SSSR count). The van der Waals surface area contributed by atoms with E-state index >= 15 is 0 Å². The molecule has 20 heavy (non-hydrogen) atoms. The molecule has 9 nitrogen and oxygen atoms in total. The van der Waals surface area contributed by atoms with Gasteiger partial charge in [-0.05, 0) is 6.42 Å². The number of aliphatic hydroxyl groups excluding tert-OH is 1. The molecule has 1 aromatic rings. The van der Waals surface area contributed by atoms with Crippen LogP contribution in [0.4, 0.5) is 11.5 Å². The molecule has 9 heteroatoms. The van der Waals surface area contributed by atoms with E-state index in [1.807, 2.05) is 0 Å². The lowest BCUT2D eigenvalue weighted by molar-refractivity contribution is -0.384. The highest BCUT2D eigenvalue weighted by atomic mass is 16.6. The quantitative estimate of drug-likeness (QED) is 0.464. The van der Waals surface area contributed by atoms with E-state index in [1.54, 1.807) is 0 Å². The first-order chi connectivity index (χ1) is 9.49. The molecule has 1 heterocycles. The van der Waals surface area contributed by atoms with Crippen LogP contribution >= 0.6 is 0 Å². The fraction of sp³-hybridized carbons (Fsp3) is 0.455. The first-order valence-electron chi connectivity index (χ1n) is 5.73. The Kier molecular flexibility index (Phi) is 5.81. The van der Waals surface area contributed by atoms with Gasteiger partial charge >= 0.3 is 11.7 Å². The Hall–Kier alpha value is -2.26. The van der Waals surface area contributed by atoms with Crippen LogP contribution in [0.1, 0.15) is 16.8 Å². The van der Waals surface area contributed by atoms with Crippen LogP contribution in [0, 0.1) is 10.1 Å². The zero-order valence-electron chi connectivity index (χ0n) is 10.8. The number of nitrogens with zero attached hydrogens (tertiary/aromatic N) is 2. The van der Waals surface area contributed by atoms with Gasteiger partial charge in [-0.25, -0.2) is 9.78 Å². The molecule has 0 aliphatic carbocycles. The standard InChI is InChI=1S/C11H15N3O6/c1-20-6-8(2-3-15)13-10-9(14(18)19)4-7(5-12-10)11(16)17/h4-5,8,15H,2-3,6H2,1H3,(H,12,13)(H,16,17). The van der Waals surface area contributed by atoms with Gasteiger partial charge in [-0.3, -0.25) is 10.1 Å². The number of rotatable bonds is 8. The smallest absolute Gasteiger partial charge is 0.337 e. The van der Waals surface area contributed by atoms with E-state index in [9.17, 15) is 14.9 Å². The number of nitrogens with one attached hydrogen (secondary N) is 1. The van der Waals surface area contributed by atoms with Crippen LogP contribution in [-0.4, -0.2) is 52.5 Å². The van der Waals surface area contributed by atoms with E-state index in [1.165, 1.54) is 7.11 Å². The highest BCUT2D eigenvalue weighted by Crippen LogP contribution is 2.23. The normalized spacial score (nSPS) is 11.9. The summed E-state index contributed by atoms with van der Waals surface area (Å²) in [5, 5.41) is 31.4. The zero-order valence-corrected chi connectivity index (χ0v) is 10.8. The monoisotopic (exact) mass is 285 g/mol. The number of ether oxygens (including phenoxy) is 1. The summed E-state index contributed by atoms with van der Waals surface area (Å²) in [5.41, 5.74) is -0.711. The average Bonchev–Trinajstić information content (AvgIpc) is 2.39. The molecule has 110 valence electrons. The number of carbonyl (C=O) groups is 1. The molecular formula is C11H15N3O6. The molecule has 1 aromatic heterocycles. The van der Waals surface area contributed by atoms with Gasteiger partial charge in [0.1, 0.15) is 0 Å². The molecule has 0 spiro atoms. The van der Waals surface area contributed by atoms with Crippen LogP contribution in [-0.2, 0) is 4.74 Å². The summed E-state index contributed by atoms with van der Waals surface area (Å²) in [6, 6.07) is 0.562. The molecule has 0 radical (unpaired) electrons. The SMILES string of the molecule is COCC(CCO)Nc1ncc(C(=O)O)cc1[N+](=O)[O-]. The summed E-state index contributed by atoms with van der Waals surface area (Å²) in [6.45, 7) is 0.0993. The predicted molar refractivity (Wildman–Crippen MR) is 68.8 cm³/mol. The van der Waals surface area contributed by atoms with Crippen molar-refractivity contribution in [3.8, 4) is 0 Å². The van der Waals surface area contributed by atoms with E-state index in [0.717, 1.165) is 12.3 Å². The van der Waals surface area contributed by atoms with E-state index in [-0.39, 0.29) is 30.6 Å². The number of carboxylic acids is 1. The second-order valence-corrected chi connectivity index (χ2v) is 3.96. The van der Waals surface area contributed by atoms with Crippen LogP contribution in [0.2, 0.25) is 0 Å². The number of aromatic carboxylic acids is 1. The summed E-state index contributed by atoms with van der Waals surface area (Å²) in [4.78, 5) is 24.8. The summed E-state index contributed by atoms with van der Waals surface area (Å²) in [5.74, 6) is -1.36. The number of nitro groups is 1. The van der Waals surface area contributed by atoms with Crippen molar-refractivity contribution >= 4 is 17.5 Å². The van der Waals surface area contributed by atoms with E-state index in [2.05, 4.69) is 10.3 Å². The molecule has 1 atom stereocenters. The third-order valence-corrected chi connectivity index (χ3v) is 2.50. The number of methoxy groups -OCH3 is 1. The molecule has 0 bridgehead atoms. The fourth-order valence-corrected chi connectivity index (χ4v) is 1.57. The fourth-order valence-electron chi connectivity index (χ4n) is 1.57. The largest absolute Gasteiger partial charge is 0.478 e. The highest BCUT2D eigenvalue weighted by Gasteiger charge is 2.21. The second-order valence-electron chi connectivity index (χ2n) is 3.96. The molecule has 0 aliphatic heterocycles. The Labute approximate surface area is 114 Å². The minimum Gasteiger partial charge on any atom is -0.478 e.